The van der Waals surface area contributed by atoms with Crippen molar-refractivity contribution >= 4 is 11.7 Å². The zero-order valence-electron chi connectivity index (χ0n) is 20.9. The van der Waals surface area contributed by atoms with Gasteiger partial charge in [0.2, 0.25) is 0 Å². The fraction of sp³-hybridized carbons (Fsp3) is 0.267. The summed E-state index contributed by atoms with van der Waals surface area (Å²) in [6.07, 6.45) is 5.81. The molecule has 0 fully saturated rings. The lowest BCUT2D eigenvalue weighted by atomic mass is 10.00. The first-order chi connectivity index (χ1) is 17.1. The molecular weight excluding hydrogens is 434 g/mol. The van der Waals surface area contributed by atoms with Gasteiger partial charge in [0.05, 0.1) is 18.6 Å². The van der Waals surface area contributed by atoms with Gasteiger partial charge in [-0.1, -0.05) is 80.6 Å². The molecule has 0 saturated carbocycles. The number of anilines is 1. The van der Waals surface area contributed by atoms with Crippen molar-refractivity contribution in [2.75, 3.05) is 11.4 Å². The lowest BCUT2D eigenvalue weighted by Gasteiger charge is -2.26. The molecule has 0 amide bonds. The monoisotopic (exact) mass is 469 g/mol. The maximum Gasteiger partial charge on any atom is 0.302 e. The van der Waals surface area contributed by atoms with Gasteiger partial charge in [0, 0.05) is 25.4 Å². The van der Waals surface area contributed by atoms with E-state index in [-0.39, 0.29) is 5.97 Å². The Morgan fingerprint density at radius 1 is 0.943 bits per heavy atom. The quantitative estimate of drug-likeness (QED) is 0.274. The average Bonchev–Trinajstić information content (AvgIpc) is 3.41. The summed E-state index contributed by atoms with van der Waals surface area (Å²) >= 11 is 0. The molecule has 3 aromatic carbocycles. The van der Waals surface area contributed by atoms with Crippen LogP contribution in [0.4, 0.5) is 5.69 Å². The van der Waals surface area contributed by atoms with Gasteiger partial charge in [0.15, 0.2) is 0 Å². The number of ether oxygens (including phenoxy) is 1. The number of H-pyrrole nitrogens is 1. The second-order valence-electron chi connectivity index (χ2n) is 8.33. The number of aromatic nitrogens is 2. The van der Waals surface area contributed by atoms with Crippen LogP contribution in [0.15, 0.2) is 91.4 Å². The summed E-state index contributed by atoms with van der Waals surface area (Å²) in [7, 11) is 0. The molecule has 182 valence electrons. The van der Waals surface area contributed by atoms with Crippen LogP contribution in [0.1, 0.15) is 44.0 Å². The Morgan fingerprint density at radius 2 is 1.66 bits per heavy atom. The summed E-state index contributed by atoms with van der Waals surface area (Å²) in [5.41, 5.74) is 7.45. The topological polar surface area (TPSA) is 58.2 Å². The van der Waals surface area contributed by atoms with Crippen LogP contribution in [0.3, 0.4) is 0 Å². The van der Waals surface area contributed by atoms with Crippen molar-refractivity contribution in [3.8, 4) is 11.1 Å². The molecular formula is C30H35N3O2. The van der Waals surface area contributed by atoms with Crippen LogP contribution in [0.5, 0.6) is 0 Å². The van der Waals surface area contributed by atoms with E-state index < -0.39 is 0 Å². The zero-order valence-corrected chi connectivity index (χ0v) is 20.9. The van der Waals surface area contributed by atoms with Crippen LogP contribution in [0.25, 0.3) is 11.1 Å². The Kier molecular flexibility index (Phi) is 10.1. The van der Waals surface area contributed by atoms with Gasteiger partial charge in [0.25, 0.3) is 0 Å². The van der Waals surface area contributed by atoms with E-state index >= 15 is 0 Å². The zero-order chi connectivity index (χ0) is 24.9. The molecule has 1 N–H and O–H groups in total. The Bertz CT molecular complexity index is 1140. The van der Waals surface area contributed by atoms with E-state index in [2.05, 4.69) is 77.2 Å². The number of aryl methyl sites for hydroxylation is 1. The van der Waals surface area contributed by atoms with Crippen LogP contribution in [0.2, 0.25) is 0 Å². The highest BCUT2D eigenvalue weighted by molar-refractivity contribution is 5.69. The molecule has 0 atom stereocenters. The summed E-state index contributed by atoms with van der Waals surface area (Å²) in [4.78, 5) is 20.2. The second kappa shape index (κ2) is 13.8. The Morgan fingerprint density at radius 3 is 2.26 bits per heavy atom. The molecule has 0 aliphatic heterocycles. The molecule has 0 spiro atoms. The number of benzene rings is 3. The lowest BCUT2D eigenvalue weighted by Crippen LogP contribution is -2.24. The fourth-order valence-electron chi connectivity index (χ4n) is 3.88. The number of rotatable bonds is 9. The molecule has 0 aliphatic carbocycles. The Labute approximate surface area is 208 Å². The van der Waals surface area contributed by atoms with Gasteiger partial charge in [-0.3, -0.25) is 4.79 Å². The number of hydrogen-bond donors (Lipinski definition) is 1. The van der Waals surface area contributed by atoms with Crippen molar-refractivity contribution in [2.45, 2.75) is 46.8 Å². The van der Waals surface area contributed by atoms with E-state index in [1.807, 2.05) is 36.5 Å². The predicted molar refractivity (Wildman–Crippen MR) is 143 cm³/mol. The van der Waals surface area contributed by atoms with E-state index in [0.29, 0.717) is 6.61 Å². The molecule has 4 rings (SSSR count). The van der Waals surface area contributed by atoms with Crippen LogP contribution in [-0.2, 0) is 29.1 Å². The van der Waals surface area contributed by atoms with Crippen molar-refractivity contribution in [3.63, 3.8) is 0 Å². The average molecular weight is 470 g/mol. The SMILES string of the molecule is CC(=O)OCc1ccccc1.CCCN(Cc1cnc[nH]1)c1ccc(-c2ccccc2)cc1CC. The number of esters is 1. The molecule has 4 aromatic rings. The summed E-state index contributed by atoms with van der Waals surface area (Å²) in [5, 5.41) is 0. The van der Waals surface area contributed by atoms with Gasteiger partial charge in [-0.2, -0.15) is 0 Å². The third-order valence-electron chi connectivity index (χ3n) is 5.60. The molecule has 0 aliphatic rings. The second-order valence-corrected chi connectivity index (χ2v) is 8.33. The van der Waals surface area contributed by atoms with Crippen LogP contribution >= 0.6 is 0 Å². The van der Waals surface area contributed by atoms with Gasteiger partial charge in [-0.15, -0.1) is 0 Å². The van der Waals surface area contributed by atoms with Gasteiger partial charge in [-0.25, -0.2) is 4.98 Å². The highest BCUT2D eigenvalue weighted by Gasteiger charge is 2.12. The Hall–Kier alpha value is -3.86. The molecule has 1 heterocycles. The number of nitrogens with one attached hydrogen (secondary N) is 1. The number of carbonyl (C=O) groups is 1. The molecule has 5 nitrogen and oxygen atoms in total. The number of imidazole rings is 1. The van der Waals surface area contributed by atoms with Crippen molar-refractivity contribution in [1.82, 2.24) is 9.97 Å². The minimum absolute atomic E-state index is 0.242. The first kappa shape index (κ1) is 25.8. The summed E-state index contributed by atoms with van der Waals surface area (Å²) in [5.74, 6) is -0.242. The fourth-order valence-corrected chi connectivity index (χ4v) is 3.88. The molecule has 5 heteroatoms. The third-order valence-corrected chi connectivity index (χ3v) is 5.60. The Balaban J connectivity index is 0.000000261. The molecule has 0 unspecified atom stereocenters. The minimum atomic E-state index is -0.242. The molecule has 35 heavy (non-hydrogen) atoms. The van der Waals surface area contributed by atoms with Crippen LogP contribution in [-0.4, -0.2) is 22.5 Å². The summed E-state index contributed by atoms with van der Waals surface area (Å²) in [6.45, 7) is 8.14. The molecule has 0 radical (unpaired) electrons. The predicted octanol–water partition coefficient (Wildman–Crippen LogP) is 6.81. The summed E-state index contributed by atoms with van der Waals surface area (Å²) < 4.78 is 4.79. The van der Waals surface area contributed by atoms with E-state index in [9.17, 15) is 4.79 Å². The highest BCUT2D eigenvalue weighted by atomic mass is 16.5. The van der Waals surface area contributed by atoms with Crippen molar-refractivity contribution in [3.05, 3.63) is 108 Å². The largest absolute Gasteiger partial charge is 0.461 e. The van der Waals surface area contributed by atoms with Crippen molar-refractivity contribution in [1.29, 1.82) is 0 Å². The number of aromatic amines is 1. The number of hydrogen-bond acceptors (Lipinski definition) is 4. The van der Waals surface area contributed by atoms with Gasteiger partial charge < -0.3 is 14.6 Å². The van der Waals surface area contributed by atoms with Gasteiger partial charge >= 0.3 is 5.97 Å². The third kappa shape index (κ3) is 8.14. The molecule has 0 saturated heterocycles. The maximum atomic E-state index is 10.4. The first-order valence-electron chi connectivity index (χ1n) is 12.2. The maximum absolute atomic E-state index is 10.4. The standard InChI is InChI=1S/C21H25N3.C9H10O2/c1-3-12-24(15-20-14-22-16-23-20)21-11-10-19(13-17(21)4-2)18-8-6-5-7-9-18;1-8(10)11-7-9-5-3-2-4-6-9/h5-11,13-14,16H,3-4,12,15H2,1-2H3,(H,22,23);2-6H,7H2,1H3. The van der Waals surface area contributed by atoms with E-state index in [1.165, 1.54) is 29.3 Å². The van der Waals surface area contributed by atoms with E-state index in [4.69, 9.17) is 4.74 Å². The molecule has 0 bridgehead atoms. The summed E-state index contributed by atoms with van der Waals surface area (Å²) in [6, 6.07) is 27.0. The van der Waals surface area contributed by atoms with Gasteiger partial charge in [-0.05, 0) is 47.2 Å². The van der Waals surface area contributed by atoms with Crippen LogP contribution in [0, 0.1) is 0 Å². The first-order valence-corrected chi connectivity index (χ1v) is 12.2. The van der Waals surface area contributed by atoms with Crippen molar-refractivity contribution in [2.24, 2.45) is 0 Å². The normalized spacial score (nSPS) is 10.3. The highest BCUT2D eigenvalue weighted by Crippen LogP contribution is 2.29. The number of nitrogens with zero attached hydrogens (tertiary/aromatic N) is 2. The van der Waals surface area contributed by atoms with E-state index in [1.54, 1.807) is 6.33 Å². The van der Waals surface area contributed by atoms with Crippen molar-refractivity contribution < 1.29 is 9.53 Å². The van der Waals surface area contributed by atoms with Gasteiger partial charge in [0.1, 0.15) is 6.61 Å². The minimum Gasteiger partial charge on any atom is -0.461 e. The number of carbonyl (C=O) groups excluding carboxylic acids is 1. The smallest absolute Gasteiger partial charge is 0.302 e. The molecule has 1 aromatic heterocycles. The lowest BCUT2D eigenvalue weighted by molar-refractivity contribution is -0.142. The van der Waals surface area contributed by atoms with E-state index in [0.717, 1.165) is 37.2 Å². The van der Waals surface area contributed by atoms with Crippen LogP contribution < -0.4 is 4.90 Å².